The quantitative estimate of drug-likeness (QED) is 0.859. The summed E-state index contributed by atoms with van der Waals surface area (Å²) in [4.78, 5) is 13.0. The number of hydrogen-bond acceptors (Lipinski definition) is 2. The van der Waals surface area contributed by atoms with Gasteiger partial charge in [-0.2, -0.15) is 0 Å². The van der Waals surface area contributed by atoms with Gasteiger partial charge in [-0.15, -0.1) is 0 Å². The van der Waals surface area contributed by atoms with Crippen molar-refractivity contribution >= 4 is 11.7 Å². The van der Waals surface area contributed by atoms with Gasteiger partial charge < -0.3 is 10.0 Å². The maximum Gasteiger partial charge on any atom is 0.337 e. The number of carboxylic acid groups (broad SMARTS) is 1. The topological polar surface area (TPSA) is 40.5 Å². The minimum atomic E-state index is -1.07. The normalized spacial score (nSPS) is 20.4. The first-order valence-electron chi connectivity index (χ1n) is 5.89. The molecule has 0 aliphatic carbocycles. The molecule has 1 aromatic carbocycles. The SMILES string of the molecule is CC1CCCCN1c1c(F)cccc1C(=O)O. The summed E-state index contributed by atoms with van der Waals surface area (Å²) < 4.78 is 13.9. The molecule has 0 bridgehead atoms. The van der Waals surface area contributed by atoms with Gasteiger partial charge in [-0.25, -0.2) is 9.18 Å². The predicted octanol–water partition coefficient (Wildman–Crippen LogP) is 2.90. The molecule has 0 amide bonds. The van der Waals surface area contributed by atoms with E-state index in [4.69, 9.17) is 5.11 Å². The van der Waals surface area contributed by atoms with Crippen molar-refractivity contribution in [2.75, 3.05) is 11.4 Å². The molecule has 1 unspecified atom stereocenters. The number of hydrogen-bond donors (Lipinski definition) is 1. The molecule has 0 aromatic heterocycles. The molecule has 1 aromatic rings. The molecule has 0 saturated carbocycles. The van der Waals surface area contributed by atoms with E-state index < -0.39 is 11.8 Å². The van der Waals surface area contributed by atoms with Crippen LogP contribution in [0.1, 0.15) is 36.5 Å². The Balaban J connectivity index is 2.45. The molecule has 1 atom stereocenters. The number of benzene rings is 1. The molecule has 3 nitrogen and oxygen atoms in total. The molecule has 17 heavy (non-hydrogen) atoms. The third kappa shape index (κ3) is 2.25. The van der Waals surface area contributed by atoms with Crippen molar-refractivity contribution in [1.29, 1.82) is 0 Å². The molecule has 1 saturated heterocycles. The Morgan fingerprint density at radius 1 is 1.47 bits per heavy atom. The summed E-state index contributed by atoms with van der Waals surface area (Å²) in [6, 6.07) is 4.42. The first-order valence-corrected chi connectivity index (χ1v) is 5.89. The van der Waals surface area contributed by atoms with Gasteiger partial charge in [-0.05, 0) is 38.3 Å². The van der Waals surface area contributed by atoms with Crippen LogP contribution in [0.5, 0.6) is 0 Å². The summed E-state index contributed by atoms with van der Waals surface area (Å²) >= 11 is 0. The Morgan fingerprint density at radius 3 is 2.88 bits per heavy atom. The first kappa shape index (κ1) is 11.9. The van der Waals surface area contributed by atoms with E-state index in [9.17, 15) is 9.18 Å². The van der Waals surface area contributed by atoms with E-state index in [0.717, 1.165) is 25.8 Å². The third-order valence-corrected chi connectivity index (χ3v) is 3.31. The Morgan fingerprint density at radius 2 is 2.24 bits per heavy atom. The van der Waals surface area contributed by atoms with Gasteiger partial charge in [-0.3, -0.25) is 0 Å². The highest BCUT2D eigenvalue weighted by molar-refractivity contribution is 5.94. The summed E-state index contributed by atoms with van der Waals surface area (Å²) in [7, 11) is 0. The lowest BCUT2D eigenvalue weighted by Crippen LogP contribution is -2.39. The Hall–Kier alpha value is -1.58. The number of carbonyl (C=O) groups is 1. The van der Waals surface area contributed by atoms with Crippen molar-refractivity contribution in [1.82, 2.24) is 0 Å². The van der Waals surface area contributed by atoms with E-state index in [2.05, 4.69) is 0 Å². The Labute approximate surface area is 99.9 Å². The van der Waals surface area contributed by atoms with Gasteiger partial charge in [-0.1, -0.05) is 6.07 Å². The zero-order valence-electron chi connectivity index (χ0n) is 9.82. The molecule has 4 heteroatoms. The number of aromatic carboxylic acids is 1. The van der Waals surface area contributed by atoms with Crippen molar-refractivity contribution in [3.8, 4) is 0 Å². The zero-order valence-corrected chi connectivity index (χ0v) is 9.82. The van der Waals surface area contributed by atoms with Crippen molar-refractivity contribution in [2.45, 2.75) is 32.2 Å². The highest BCUT2D eigenvalue weighted by atomic mass is 19.1. The number of carboxylic acids is 1. The van der Waals surface area contributed by atoms with E-state index in [0.29, 0.717) is 0 Å². The van der Waals surface area contributed by atoms with E-state index in [1.165, 1.54) is 18.2 Å². The molecule has 1 aliphatic heterocycles. The second kappa shape index (κ2) is 4.73. The Bertz CT molecular complexity index is 433. The number of anilines is 1. The van der Waals surface area contributed by atoms with Crippen LogP contribution in [0.15, 0.2) is 18.2 Å². The van der Waals surface area contributed by atoms with Gasteiger partial charge in [0.1, 0.15) is 5.82 Å². The van der Waals surface area contributed by atoms with Gasteiger partial charge in [0, 0.05) is 12.6 Å². The fraction of sp³-hybridized carbons (Fsp3) is 0.462. The summed E-state index contributed by atoms with van der Waals surface area (Å²) in [5, 5.41) is 9.11. The van der Waals surface area contributed by atoms with Crippen molar-refractivity contribution in [3.05, 3.63) is 29.6 Å². The van der Waals surface area contributed by atoms with E-state index in [1.54, 1.807) is 0 Å². The highest BCUT2D eigenvalue weighted by Crippen LogP contribution is 2.30. The van der Waals surface area contributed by atoms with Gasteiger partial charge in [0.2, 0.25) is 0 Å². The molecule has 2 rings (SSSR count). The molecule has 1 fully saturated rings. The van der Waals surface area contributed by atoms with Crippen LogP contribution in [0.25, 0.3) is 0 Å². The lowest BCUT2D eigenvalue weighted by Gasteiger charge is -2.36. The van der Waals surface area contributed by atoms with Crippen LogP contribution in [0.2, 0.25) is 0 Å². The van der Waals surface area contributed by atoms with Gasteiger partial charge >= 0.3 is 5.97 Å². The second-order valence-electron chi connectivity index (χ2n) is 4.48. The molecular formula is C13H16FNO2. The molecule has 1 N–H and O–H groups in total. The average molecular weight is 237 g/mol. The minimum Gasteiger partial charge on any atom is -0.478 e. The van der Waals surface area contributed by atoms with Crippen LogP contribution in [-0.2, 0) is 0 Å². The molecule has 92 valence electrons. The van der Waals surface area contributed by atoms with Gasteiger partial charge in [0.05, 0.1) is 11.3 Å². The number of rotatable bonds is 2. The van der Waals surface area contributed by atoms with Crippen LogP contribution >= 0.6 is 0 Å². The van der Waals surface area contributed by atoms with Gasteiger partial charge in [0.25, 0.3) is 0 Å². The first-order chi connectivity index (χ1) is 8.11. The maximum atomic E-state index is 13.9. The predicted molar refractivity (Wildman–Crippen MR) is 64.0 cm³/mol. The van der Waals surface area contributed by atoms with Crippen LogP contribution in [0.4, 0.5) is 10.1 Å². The Kier molecular flexibility index (Phi) is 3.31. The number of nitrogens with zero attached hydrogens (tertiary/aromatic N) is 1. The van der Waals surface area contributed by atoms with Gasteiger partial charge in [0.15, 0.2) is 0 Å². The summed E-state index contributed by atoms with van der Waals surface area (Å²) in [5.41, 5.74) is 0.297. The molecule has 1 heterocycles. The summed E-state index contributed by atoms with van der Waals surface area (Å²) in [6.07, 6.45) is 3.08. The lowest BCUT2D eigenvalue weighted by molar-refractivity contribution is 0.0697. The van der Waals surface area contributed by atoms with Crippen molar-refractivity contribution in [3.63, 3.8) is 0 Å². The lowest BCUT2D eigenvalue weighted by atomic mass is 10.0. The molecule has 1 aliphatic rings. The third-order valence-electron chi connectivity index (χ3n) is 3.31. The molecule has 0 radical (unpaired) electrons. The number of halogens is 1. The van der Waals surface area contributed by atoms with Crippen LogP contribution in [-0.4, -0.2) is 23.7 Å². The van der Waals surface area contributed by atoms with Crippen molar-refractivity contribution < 1.29 is 14.3 Å². The summed E-state index contributed by atoms with van der Waals surface area (Å²) in [5.74, 6) is -1.52. The largest absolute Gasteiger partial charge is 0.478 e. The standard InChI is InChI=1S/C13H16FNO2/c1-9-5-2-3-8-15(9)12-10(13(16)17)6-4-7-11(12)14/h4,6-7,9H,2-3,5,8H2,1H3,(H,16,17). The van der Waals surface area contributed by atoms with Crippen molar-refractivity contribution in [2.24, 2.45) is 0 Å². The average Bonchev–Trinajstić information content (AvgIpc) is 2.30. The number of piperidine rings is 1. The van der Waals surface area contributed by atoms with Crippen LogP contribution in [0, 0.1) is 5.82 Å². The highest BCUT2D eigenvalue weighted by Gasteiger charge is 2.25. The maximum absolute atomic E-state index is 13.9. The fourth-order valence-corrected chi connectivity index (χ4v) is 2.41. The van der Waals surface area contributed by atoms with E-state index in [-0.39, 0.29) is 17.3 Å². The molecule has 0 spiro atoms. The van der Waals surface area contributed by atoms with E-state index in [1.807, 2.05) is 11.8 Å². The van der Waals surface area contributed by atoms with Crippen LogP contribution in [0.3, 0.4) is 0 Å². The number of para-hydroxylation sites is 1. The monoisotopic (exact) mass is 237 g/mol. The molecular weight excluding hydrogens is 221 g/mol. The smallest absolute Gasteiger partial charge is 0.337 e. The second-order valence-corrected chi connectivity index (χ2v) is 4.48. The van der Waals surface area contributed by atoms with E-state index >= 15 is 0 Å². The minimum absolute atomic E-state index is 0.0544. The zero-order chi connectivity index (χ0) is 12.4. The fourth-order valence-electron chi connectivity index (χ4n) is 2.41. The van der Waals surface area contributed by atoms with Crippen LogP contribution < -0.4 is 4.90 Å². The summed E-state index contributed by atoms with van der Waals surface area (Å²) in [6.45, 7) is 2.74.